The number of hydrogen-bond donors (Lipinski definition) is 1. The maximum atomic E-state index is 12.3. The molecule has 1 fully saturated rings. The van der Waals surface area contributed by atoms with E-state index >= 15 is 0 Å². The predicted octanol–water partition coefficient (Wildman–Crippen LogP) is 2.06. The standard InChI is InChI=1S/C16H28N2O4S/c1-12(17-13-7-9-23(20,21)11-13)10-14-6-5-8-18(14)15(19)22-16(2,3)4/h7,9,12-14,17H,5-6,8,10-11H2,1-4H3. The first kappa shape index (κ1) is 18.3. The quantitative estimate of drug-likeness (QED) is 0.845. The van der Waals surface area contributed by atoms with E-state index in [1.54, 1.807) is 6.08 Å². The average molecular weight is 344 g/mol. The zero-order valence-corrected chi connectivity index (χ0v) is 15.2. The Morgan fingerprint density at radius 1 is 1.43 bits per heavy atom. The summed E-state index contributed by atoms with van der Waals surface area (Å²) in [5.74, 6) is 0.123. The molecule has 0 spiro atoms. The minimum atomic E-state index is -3.04. The van der Waals surface area contributed by atoms with Gasteiger partial charge < -0.3 is 15.0 Å². The Morgan fingerprint density at radius 3 is 2.70 bits per heavy atom. The van der Waals surface area contributed by atoms with Crippen molar-refractivity contribution in [2.75, 3.05) is 12.3 Å². The van der Waals surface area contributed by atoms with E-state index in [-0.39, 0.29) is 30.0 Å². The van der Waals surface area contributed by atoms with Gasteiger partial charge >= 0.3 is 6.09 Å². The van der Waals surface area contributed by atoms with Crippen molar-refractivity contribution in [1.82, 2.24) is 10.2 Å². The van der Waals surface area contributed by atoms with Gasteiger partial charge in [-0.25, -0.2) is 13.2 Å². The van der Waals surface area contributed by atoms with E-state index in [1.165, 1.54) is 5.41 Å². The number of nitrogens with zero attached hydrogens (tertiary/aromatic N) is 1. The second-order valence-corrected chi connectivity index (χ2v) is 9.47. The highest BCUT2D eigenvalue weighted by Gasteiger charge is 2.33. The molecule has 2 aliphatic rings. The van der Waals surface area contributed by atoms with Crippen LogP contribution in [0.2, 0.25) is 0 Å². The number of carbonyl (C=O) groups is 1. The minimum absolute atomic E-state index is 0.123. The highest BCUT2D eigenvalue weighted by molar-refractivity contribution is 7.94. The summed E-state index contributed by atoms with van der Waals surface area (Å²) < 4.78 is 28.4. The number of ether oxygens (including phenoxy) is 1. The lowest BCUT2D eigenvalue weighted by atomic mass is 10.1. The molecule has 0 aliphatic carbocycles. The molecule has 0 aromatic heterocycles. The van der Waals surface area contributed by atoms with Crippen molar-refractivity contribution in [3.8, 4) is 0 Å². The molecule has 7 heteroatoms. The Morgan fingerprint density at radius 2 is 2.13 bits per heavy atom. The molecule has 0 bridgehead atoms. The highest BCUT2D eigenvalue weighted by atomic mass is 32.2. The number of hydrogen-bond acceptors (Lipinski definition) is 5. The van der Waals surface area contributed by atoms with Gasteiger partial charge in [0, 0.05) is 30.1 Å². The summed E-state index contributed by atoms with van der Waals surface area (Å²) in [6.07, 6.45) is 4.18. The van der Waals surface area contributed by atoms with Crippen LogP contribution in [0.3, 0.4) is 0 Å². The first-order valence-electron chi connectivity index (χ1n) is 8.22. The number of rotatable bonds is 4. The van der Waals surface area contributed by atoms with Crippen molar-refractivity contribution in [2.24, 2.45) is 0 Å². The fourth-order valence-corrected chi connectivity index (χ4v) is 4.41. The molecule has 2 rings (SSSR count). The van der Waals surface area contributed by atoms with Crippen LogP contribution in [0, 0.1) is 0 Å². The van der Waals surface area contributed by atoms with E-state index in [1.807, 2.05) is 32.6 Å². The second-order valence-electron chi connectivity index (χ2n) is 7.54. The molecule has 0 aromatic rings. The number of sulfone groups is 1. The third-order valence-electron chi connectivity index (χ3n) is 4.06. The third-order valence-corrected chi connectivity index (χ3v) is 5.45. The van der Waals surface area contributed by atoms with Crippen molar-refractivity contribution in [2.45, 2.75) is 70.7 Å². The monoisotopic (exact) mass is 344 g/mol. The molecule has 2 aliphatic heterocycles. The van der Waals surface area contributed by atoms with Gasteiger partial charge in [0.05, 0.1) is 5.75 Å². The molecule has 23 heavy (non-hydrogen) atoms. The van der Waals surface area contributed by atoms with Crippen LogP contribution in [-0.2, 0) is 14.6 Å². The van der Waals surface area contributed by atoms with Crippen molar-refractivity contribution in [1.29, 1.82) is 0 Å². The van der Waals surface area contributed by atoms with E-state index in [0.717, 1.165) is 25.8 Å². The van der Waals surface area contributed by atoms with Crippen molar-refractivity contribution >= 4 is 15.9 Å². The van der Waals surface area contributed by atoms with E-state index in [2.05, 4.69) is 5.32 Å². The summed E-state index contributed by atoms with van der Waals surface area (Å²) >= 11 is 0. The molecule has 1 N–H and O–H groups in total. The number of likely N-dealkylation sites (tertiary alicyclic amines) is 1. The van der Waals surface area contributed by atoms with Crippen molar-refractivity contribution in [3.63, 3.8) is 0 Å². The molecule has 0 aromatic carbocycles. The molecule has 6 nitrogen and oxygen atoms in total. The molecular weight excluding hydrogens is 316 g/mol. The van der Waals surface area contributed by atoms with Gasteiger partial charge in [0.15, 0.2) is 9.84 Å². The third kappa shape index (κ3) is 5.49. The van der Waals surface area contributed by atoms with Crippen LogP contribution in [0.5, 0.6) is 0 Å². The Bertz CT molecular complexity index is 565. The van der Waals surface area contributed by atoms with Crippen LogP contribution >= 0.6 is 0 Å². The average Bonchev–Trinajstić information content (AvgIpc) is 2.93. The van der Waals surface area contributed by atoms with Gasteiger partial charge in [-0.15, -0.1) is 0 Å². The topological polar surface area (TPSA) is 75.7 Å². The maximum Gasteiger partial charge on any atom is 0.410 e. The second kappa shape index (κ2) is 6.81. The van der Waals surface area contributed by atoms with E-state index in [4.69, 9.17) is 4.74 Å². The van der Waals surface area contributed by atoms with Crippen LogP contribution in [-0.4, -0.2) is 55.4 Å². The van der Waals surface area contributed by atoms with Gasteiger partial charge in [-0.05, 0) is 47.0 Å². The molecule has 132 valence electrons. The summed E-state index contributed by atoms with van der Waals surface area (Å²) in [6.45, 7) is 8.36. The summed E-state index contributed by atoms with van der Waals surface area (Å²) in [5, 5.41) is 4.60. The molecule has 1 saturated heterocycles. The molecule has 3 atom stereocenters. The zero-order chi connectivity index (χ0) is 17.3. The molecular formula is C16H28N2O4S. The van der Waals surface area contributed by atoms with E-state index in [9.17, 15) is 13.2 Å². The van der Waals surface area contributed by atoms with E-state index < -0.39 is 15.4 Å². The first-order chi connectivity index (χ1) is 10.6. The fraction of sp³-hybridized carbons (Fsp3) is 0.812. The lowest BCUT2D eigenvalue weighted by molar-refractivity contribution is 0.0214. The predicted molar refractivity (Wildman–Crippen MR) is 89.9 cm³/mol. The van der Waals surface area contributed by atoms with Gasteiger partial charge in [-0.3, -0.25) is 0 Å². The van der Waals surface area contributed by atoms with Gasteiger partial charge in [0.2, 0.25) is 0 Å². The molecule has 2 heterocycles. The molecule has 0 radical (unpaired) electrons. The SMILES string of the molecule is CC(CC1CCCN1C(=O)OC(C)(C)C)NC1C=CS(=O)(=O)C1. The highest BCUT2D eigenvalue weighted by Crippen LogP contribution is 2.24. The number of amides is 1. The van der Waals surface area contributed by atoms with E-state index in [0.29, 0.717) is 0 Å². The lowest BCUT2D eigenvalue weighted by Crippen LogP contribution is -2.44. The largest absolute Gasteiger partial charge is 0.444 e. The number of nitrogens with one attached hydrogen (secondary N) is 1. The smallest absolute Gasteiger partial charge is 0.410 e. The van der Waals surface area contributed by atoms with Crippen molar-refractivity contribution in [3.05, 3.63) is 11.5 Å². The number of carbonyl (C=O) groups excluding carboxylic acids is 1. The fourth-order valence-electron chi connectivity index (χ4n) is 3.16. The van der Waals surface area contributed by atoms with Gasteiger partial charge in [-0.1, -0.05) is 6.08 Å². The normalized spacial score (nSPS) is 28.1. The van der Waals surface area contributed by atoms with Crippen molar-refractivity contribution < 1.29 is 17.9 Å². The zero-order valence-electron chi connectivity index (χ0n) is 14.4. The molecule has 3 unspecified atom stereocenters. The molecule has 0 saturated carbocycles. The summed E-state index contributed by atoms with van der Waals surface area (Å²) in [6, 6.07) is 0.145. The van der Waals surface area contributed by atoms with Crippen LogP contribution < -0.4 is 5.32 Å². The molecule has 1 amide bonds. The van der Waals surface area contributed by atoms with Crippen LogP contribution in [0.15, 0.2) is 11.5 Å². The Kier molecular flexibility index (Phi) is 5.41. The minimum Gasteiger partial charge on any atom is -0.444 e. The summed E-state index contributed by atoms with van der Waals surface area (Å²) in [4.78, 5) is 14.1. The summed E-state index contributed by atoms with van der Waals surface area (Å²) in [5.41, 5.74) is -0.489. The van der Waals surface area contributed by atoms with Crippen LogP contribution in [0.4, 0.5) is 4.79 Å². The van der Waals surface area contributed by atoms with Gasteiger partial charge in [-0.2, -0.15) is 0 Å². The Balaban J connectivity index is 1.86. The van der Waals surface area contributed by atoms with Gasteiger partial charge in [0.1, 0.15) is 5.60 Å². The maximum absolute atomic E-state index is 12.3. The summed E-state index contributed by atoms with van der Waals surface area (Å²) in [7, 11) is -3.04. The van der Waals surface area contributed by atoms with Crippen LogP contribution in [0.1, 0.15) is 47.0 Å². The van der Waals surface area contributed by atoms with Gasteiger partial charge in [0.25, 0.3) is 0 Å². The first-order valence-corrected chi connectivity index (χ1v) is 9.94. The lowest BCUT2D eigenvalue weighted by Gasteiger charge is -2.30. The van der Waals surface area contributed by atoms with Crippen LogP contribution in [0.25, 0.3) is 0 Å². The Labute approximate surface area is 139 Å². The Hall–Kier alpha value is -1.08.